The first-order chi connectivity index (χ1) is 12.7. The molecule has 0 aliphatic heterocycles. The van der Waals surface area contributed by atoms with E-state index in [1.54, 1.807) is 35.4 Å². The first-order valence-corrected chi connectivity index (χ1v) is 7.99. The molecule has 0 aliphatic carbocycles. The Morgan fingerprint density at radius 3 is 2.58 bits per heavy atom. The molecule has 130 valence electrons. The van der Waals surface area contributed by atoms with Gasteiger partial charge in [-0.25, -0.2) is 9.97 Å². The smallest absolute Gasteiger partial charge is 0.278 e. The van der Waals surface area contributed by atoms with Gasteiger partial charge in [0.25, 0.3) is 11.8 Å². The predicted molar refractivity (Wildman–Crippen MR) is 95.8 cm³/mol. The third kappa shape index (κ3) is 2.60. The zero-order valence-corrected chi connectivity index (χ0v) is 14.7. The van der Waals surface area contributed by atoms with Crippen molar-refractivity contribution >= 4 is 22.6 Å². The first kappa shape index (κ1) is 16.2. The number of fused-ring (bicyclic) bond motifs is 1. The van der Waals surface area contributed by atoms with E-state index in [-0.39, 0.29) is 5.88 Å². The Hall–Kier alpha value is -3.26. The summed E-state index contributed by atoms with van der Waals surface area (Å²) in [6.45, 7) is 0. The zero-order chi connectivity index (χ0) is 18.1. The highest BCUT2D eigenvalue weighted by molar-refractivity contribution is 6.33. The molecule has 4 rings (SSSR count). The van der Waals surface area contributed by atoms with Crippen LogP contribution in [0.1, 0.15) is 0 Å². The predicted octanol–water partition coefficient (Wildman–Crippen LogP) is 2.94. The van der Waals surface area contributed by atoms with Crippen molar-refractivity contribution in [1.29, 1.82) is 0 Å². The summed E-state index contributed by atoms with van der Waals surface area (Å²) in [6.07, 6.45) is 4.97. The summed E-state index contributed by atoms with van der Waals surface area (Å²) in [5, 5.41) is 8.69. The van der Waals surface area contributed by atoms with Gasteiger partial charge in [0, 0.05) is 18.0 Å². The molecule has 3 aromatic heterocycles. The Morgan fingerprint density at radius 2 is 1.85 bits per heavy atom. The van der Waals surface area contributed by atoms with Gasteiger partial charge in [-0.1, -0.05) is 11.6 Å². The minimum Gasteiger partial charge on any atom is -0.477 e. The van der Waals surface area contributed by atoms with Crippen LogP contribution >= 0.6 is 11.6 Å². The lowest BCUT2D eigenvalue weighted by Gasteiger charge is -2.13. The molecule has 0 spiro atoms. The van der Waals surface area contributed by atoms with Gasteiger partial charge in [0.1, 0.15) is 11.8 Å². The second-order valence-electron chi connectivity index (χ2n) is 5.27. The number of halogens is 1. The molecule has 4 aromatic rings. The fourth-order valence-corrected chi connectivity index (χ4v) is 2.88. The average Bonchev–Trinajstić information content (AvgIpc) is 3.16. The molecule has 0 radical (unpaired) electrons. The normalized spacial score (nSPS) is 10.9. The molecule has 0 aliphatic rings. The van der Waals surface area contributed by atoms with Gasteiger partial charge in [-0.2, -0.15) is 0 Å². The zero-order valence-electron chi connectivity index (χ0n) is 13.9. The van der Waals surface area contributed by atoms with Crippen LogP contribution in [-0.4, -0.2) is 43.9 Å². The molecule has 8 nitrogen and oxygen atoms in total. The topological polar surface area (TPSA) is 87.8 Å². The van der Waals surface area contributed by atoms with Crippen molar-refractivity contribution in [3.05, 3.63) is 48.0 Å². The fraction of sp³-hybridized carbons (Fsp3) is 0.118. The molecule has 0 N–H and O–H groups in total. The molecule has 1 aromatic carbocycles. The Labute approximate surface area is 153 Å². The summed E-state index contributed by atoms with van der Waals surface area (Å²) >= 11 is 6.49. The minimum absolute atomic E-state index is 0.263. The lowest BCUT2D eigenvalue weighted by molar-refractivity contribution is 0.334. The van der Waals surface area contributed by atoms with E-state index in [4.69, 9.17) is 21.1 Å². The van der Waals surface area contributed by atoms with E-state index in [1.165, 1.54) is 14.2 Å². The molecule has 0 fully saturated rings. The number of rotatable bonds is 4. The van der Waals surface area contributed by atoms with Gasteiger partial charge < -0.3 is 9.47 Å². The van der Waals surface area contributed by atoms with Gasteiger partial charge in [-0.15, -0.1) is 10.2 Å². The summed E-state index contributed by atoms with van der Waals surface area (Å²) in [4.78, 5) is 13.1. The quantitative estimate of drug-likeness (QED) is 0.547. The fourth-order valence-electron chi connectivity index (χ4n) is 2.64. The van der Waals surface area contributed by atoms with Gasteiger partial charge >= 0.3 is 0 Å². The minimum atomic E-state index is 0.263. The maximum Gasteiger partial charge on any atom is 0.278 e. The van der Waals surface area contributed by atoms with E-state index in [2.05, 4.69) is 25.1 Å². The van der Waals surface area contributed by atoms with Crippen LogP contribution in [0.15, 0.2) is 43.0 Å². The maximum absolute atomic E-state index is 6.49. The lowest BCUT2D eigenvalue weighted by atomic mass is 10.2. The molecule has 26 heavy (non-hydrogen) atoms. The second-order valence-corrected chi connectivity index (χ2v) is 5.68. The molecule has 0 bridgehead atoms. The number of benzene rings is 1. The number of aromatic nitrogens is 6. The van der Waals surface area contributed by atoms with Gasteiger partial charge in [0.05, 0.1) is 30.4 Å². The number of hydrogen-bond acceptors (Lipinski definition) is 7. The van der Waals surface area contributed by atoms with Crippen molar-refractivity contribution in [2.75, 3.05) is 14.2 Å². The molecular formula is C17H13ClN6O2. The van der Waals surface area contributed by atoms with Crippen LogP contribution < -0.4 is 9.47 Å². The van der Waals surface area contributed by atoms with E-state index in [0.717, 1.165) is 5.56 Å². The summed E-state index contributed by atoms with van der Waals surface area (Å²) in [5.74, 6) is 1.15. The number of methoxy groups -OCH3 is 2. The van der Waals surface area contributed by atoms with Crippen molar-refractivity contribution in [2.24, 2.45) is 0 Å². The van der Waals surface area contributed by atoms with Crippen molar-refractivity contribution in [3.8, 4) is 28.8 Å². The number of hydrogen-bond donors (Lipinski definition) is 0. The first-order valence-electron chi connectivity index (χ1n) is 7.62. The van der Waals surface area contributed by atoms with Crippen LogP contribution in [0, 0.1) is 0 Å². The third-order valence-electron chi connectivity index (χ3n) is 3.79. The second kappa shape index (κ2) is 6.57. The lowest BCUT2D eigenvalue weighted by Crippen LogP contribution is -2.03. The van der Waals surface area contributed by atoms with Crippen LogP contribution in [0.5, 0.6) is 11.8 Å². The molecule has 9 heteroatoms. The Bertz CT molecular complexity index is 1080. The number of nitrogens with zero attached hydrogens (tertiary/aromatic N) is 6. The van der Waals surface area contributed by atoms with Crippen molar-refractivity contribution in [3.63, 3.8) is 0 Å². The Balaban J connectivity index is 2.01. The summed E-state index contributed by atoms with van der Waals surface area (Å²) in [6, 6.07) is 7.23. The van der Waals surface area contributed by atoms with Crippen LogP contribution in [0.4, 0.5) is 0 Å². The summed E-state index contributed by atoms with van der Waals surface area (Å²) < 4.78 is 12.3. The highest BCUT2D eigenvalue weighted by Crippen LogP contribution is 2.34. The van der Waals surface area contributed by atoms with E-state index >= 15 is 0 Å². The summed E-state index contributed by atoms with van der Waals surface area (Å²) in [5.41, 5.74) is 2.54. The number of pyridine rings is 1. The van der Waals surface area contributed by atoms with Crippen molar-refractivity contribution < 1.29 is 9.47 Å². The van der Waals surface area contributed by atoms with Gasteiger partial charge in [0.15, 0.2) is 5.82 Å². The van der Waals surface area contributed by atoms with E-state index in [9.17, 15) is 0 Å². The Morgan fingerprint density at radius 1 is 1.04 bits per heavy atom. The average molecular weight is 369 g/mol. The van der Waals surface area contributed by atoms with E-state index < -0.39 is 0 Å². The van der Waals surface area contributed by atoms with Crippen molar-refractivity contribution in [2.45, 2.75) is 0 Å². The van der Waals surface area contributed by atoms with Crippen LogP contribution in [-0.2, 0) is 0 Å². The highest BCUT2D eigenvalue weighted by Gasteiger charge is 2.19. The largest absolute Gasteiger partial charge is 0.477 e. The molecule has 0 unspecified atom stereocenters. The molecule has 0 saturated heterocycles. The highest BCUT2D eigenvalue weighted by atomic mass is 35.5. The number of ether oxygens (including phenoxy) is 2. The van der Waals surface area contributed by atoms with Crippen molar-refractivity contribution in [1.82, 2.24) is 29.7 Å². The molecular weight excluding hydrogens is 356 g/mol. The standard InChI is InChI=1S/C17H13ClN6O2/c1-25-16-17(26-2)22-13-12(21-16)6-5-11(18)14(13)24-9-20-23-15(24)10-4-3-7-19-8-10/h3-9H,1-2H3. The van der Waals surface area contributed by atoms with E-state index in [0.29, 0.717) is 33.4 Å². The monoisotopic (exact) mass is 368 g/mol. The molecule has 3 heterocycles. The molecule has 0 saturated carbocycles. The van der Waals surface area contributed by atoms with Crippen LogP contribution in [0.2, 0.25) is 5.02 Å². The maximum atomic E-state index is 6.49. The molecule has 0 amide bonds. The van der Waals surface area contributed by atoms with Gasteiger partial charge in [-0.3, -0.25) is 9.55 Å². The van der Waals surface area contributed by atoms with Crippen LogP contribution in [0.3, 0.4) is 0 Å². The summed E-state index contributed by atoms with van der Waals surface area (Å²) in [7, 11) is 3.01. The van der Waals surface area contributed by atoms with Gasteiger partial charge in [0.2, 0.25) is 0 Å². The molecule has 0 atom stereocenters. The Kier molecular flexibility index (Phi) is 4.10. The van der Waals surface area contributed by atoms with E-state index in [1.807, 2.05) is 12.1 Å². The van der Waals surface area contributed by atoms with Crippen LogP contribution in [0.25, 0.3) is 28.1 Å². The third-order valence-corrected chi connectivity index (χ3v) is 4.10. The van der Waals surface area contributed by atoms with Gasteiger partial charge in [-0.05, 0) is 24.3 Å². The SMILES string of the molecule is COc1nc2ccc(Cl)c(-n3cnnc3-c3cccnc3)c2nc1OC.